The van der Waals surface area contributed by atoms with Gasteiger partial charge in [-0.15, -0.1) is 0 Å². The van der Waals surface area contributed by atoms with Gasteiger partial charge in [0, 0.05) is 0 Å². The van der Waals surface area contributed by atoms with Crippen LogP contribution in [0.3, 0.4) is 0 Å². The molecule has 0 bridgehead atoms. The van der Waals surface area contributed by atoms with Gasteiger partial charge in [0.2, 0.25) is 0 Å². The maximum Gasteiger partial charge on any atom is 0.326 e. The molecule has 0 aliphatic rings. The van der Waals surface area contributed by atoms with E-state index in [1.165, 1.54) is 6.20 Å². The number of nitrogens with zero attached hydrogens (tertiary/aromatic N) is 2. The van der Waals surface area contributed by atoms with Crippen molar-refractivity contribution in [3.05, 3.63) is 53.3 Å². The topological polar surface area (TPSA) is 84.2 Å². The predicted molar refractivity (Wildman–Crippen MR) is 86.3 cm³/mol. The average Bonchev–Trinajstić information content (AvgIpc) is 2.95. The number of aliphatic carboxylic acids is 1. The number of hydrogen-bond acceptors (Lipinski definition) is 3. The molecule has 1 aromatic carbocycles. The third-order valence-electron chi connectivity index (χ3n) is 3.72. The van der Waals surface area contributed by atoms with E-state index in [9.17, 15) is 9.59 Å². The second-order valence-corrected chi connectivity index (χ2v) is 5.27. The first kappa shape index (κ1) is 16.7. The van der Waals surface area contributed by atoms with Gasteiger partial charge in [0.15, 0.2) is 0 Å². The lowest BCUT2D eigenvalue weighted by molar-refractivity contribution is -0.139. The van der Waals surface area contributed by atoms with E-state index in [1.54, 1.807) is 11.6 Å². The molecule has 1 atom stereocenters. The molecule has 0 saturated heterocycles. The highest BCUT2D eigenvalue weighted by Gasteiger charge is 2.22. The molecule has 2 rings (SSSR count). The summed E-state index contributed by atoms with van der Waals surface area (Å²) in [5, 5.41) is 15.9. The summed E-state index contributed by atoms with van der Waals surface area (Å²) >= 11 is 0. The number of carbonyl (C=O) groups excluding carboxylic acids is 1. The van der Waals surface area contributed by atoms with Crippen LogP contribution in [-0.2, 0) is 17.8 Å². The van der Waals surface area contributed by atoms with Gasteiger partial charge in [-0.1, -0.05) is 44.2 Å². The number of aromatic nitrogens is 2. The zero-order valence-corrected chi connectivity index (χ0v) is 13.3. The molecule has 0 radical (unpaired) electrons. The van der Waals surface area contributed by atoms with Crippen LogP contribution >= 0.6 is 0 Å². The molecule has 2 N–H and O–H groups in total. The molecule has 0 aliphatic heterocycles. The number of hydrogen-bond donors (Lipinski definition) is 2. The summed E-state index contributed by atoms with van der Waals surface area (Å²) < 4.78 is 1.78. The predicted octanol–water partition coefficient (Wildman–Crippen LogP) is 2.09. The van der Waals surface area contributed by atoms with Gasteiger partial charge in [-0.05, 0) is 18.4 Å². The summed E-state index contributed by atoms with van der Waals surface area (Å²) in [6.45, 7) is 4.25. The molecular formula is C17H21N3O3. The fraction of sp³-hybridized carbons (Fsp3) is 0.353. The molecule has 0 aliphatic carbocycles. The van der Waals surface area contributed by atoms with Gasteiger partial charge < -0.3 is 10.4 Å². The van der Waals surface area contributed by atoms with Gasteiger partial charge >= 0.3 is 5.97 Å². The molecular weight excluding hydrogens is 294 g/mol. The van der Waals surface area contributed by atoms with Crippen LogP contribution < -0.4 is 5.32 Å². The SMILES string of the molecule is CCc1c(C(=O)NC(CC)C(=O)O)cnn1Cc1ccccc1. The van der Waals surface area contributed by atoms with E-state index < -0.39 is 17.9 Å². The first-order valence-electron chi connectivity index (χ1n) is 7.69. The number of rotatable bonds is 7. The fourth-order valence-corrected chi connectivity index (χ4v) is 2.44. The van der Waals surface area contributed by atoms with Crippen LogP contribution in [0.4, 0.5) is 0 Å². The van der Waals surface area contributed by atoms with Crippen molar-refractivity contribution in [2.24, 2.45) is 0 Å². The van der Waals surface area contributed by atoms with Crippen molar-refractivity contribution in [2.45, 2.75) is 39.3 Å². The number of amides is 1. The third kappa shape index (κ3) is 3.97. The zero-order valence-electron chi connectivity index (χ0n) is 13.3. The highest BCUT2D eigenvalue weighted by Crippen LogP contribution is 2.13. The molecule has 6 nitrogen and oxygen atoms in total. The number of nitrogens with one attached hydrogen (secondary N) is 1. The molecule has 1 amide bonds. The van der Waals surface area contributed by atoms with E-state index in [4.69, 9.17) is 5.11 Å². The molecule has 122 valence electrons. The molecule has 2 aromatic rings. The Bertz CT molecular complexity index is 680. The Balaban J connectivity index is 2.20. The minimum atomic E-state index is -1.03. The number of carbonyl (C=O) groups is 2. The van der Waals surface area contributed by atoms with E-state index in [2.05, 4.69) is 10.4 Å². The van der Waals surface area contributed by atoms with E-state index >= 15 is 0 Å². The van der Waals surface area contributed by atoms with E-state index in [1.807, 2.05) is 37.3 Å². The Hall–Kier alpha value is -2.63. The van der Waals surface area contributed by atoms with Crippen LogP contribution in [0.15, 0.2) is 36.5 Å². The van der Waals surface area contributed by atoms with Crippen molar-refractivity contribution in [3.8, 4) is 0 Å². The number of benzene rings is 1. The Labute approximate surface area is 135 Å². The van der Waals surface area contributed by atoms with Gasteiger partial charge in [-0.2, -0.15) is 5.10 Å². The van der Waals surface area contributed by atoms with Crippen molar-refractivity contribution in [1.29, 1.82) is 0 Å². The maximum absolute atomic E-state index is 12.3. The Morgan fingerprint density at radius 2 is 1.96 bits per heavy atom. The Morgan fingerprint density at radius 1 is 1.26 bits per heavy atom. The Morgan fingerprint density at radius 3 is 2.52 bits per heavy atom. The van der Waals surface area contributed by atoms with Gasteiger partial charge in [0.25, 0.3) is 5.91 Å². The minimum absolute atomic E-state index is 0.334. The summed E-state index contributed by atoms with van der Waals surface area (Å²) in [7, 11) is 0. The summed E-state index contributed by atoms with van der Waals surface area (Å²) in [6.07, 6.45) is 2.48. The lowest BCUT2D eigenvalue weighted by atomic mass is 10.1. The summed E-state index contributed by atoms with van der Waals surface area (Å²) in [5.41, 5.74) is 2.32. The van der Waals surface area contributed by atoms with Gasteiger partial charge in [-0.3, -0.25) is 9.48 Å². The molecule has 0 fully saturated rings. The van der Waals surface area contributed by atoms with E-state index in [0.717, 1.165) is 11.3 Å². The largest absolute Gasteiger partial charge is 0.480 e. The highest BCUT2D eigenvalue weighted by atomic mass is 16.4. The molecule has 0 saturated carbocycles. The number of carboxylic acid groups (broad SMARTS) is 1. The summed E-state index contributed by atoms with van der Waals surface area (Å²) in [6, 6.07) is 8.97. The summed E-state index contributed by atoms with van der Waals surface area (Å²) in [5.74, 6) is -1.43. The standard InChI is InChI=1S/C17H21N3O3/c1-3-14(17(22)23)19-16(21)13-10-18-20(15(13)4-2)11-12-8-6-5-7-9-12/h5-10,14H,3-4,11H2,1-2H3,(H,19,21)(H,22,23). The molecule has 0 spiro atoms. The first-order chi connectivity index (χ1) is 11.1. The van der Waals surface area contributed by atoms with Crippen LogP contribution in [0.25, 0.3) is 0 Å². The van der Waals surface area contributed by atoms with Crippen molar-refractivity contribution in [1.82, 2.24) is 15.1 Å². The van der Waals surface area contributed by atoms with Crippen LogP contribution in [0.2, 0.25) is 0 Å². The van der Waals surface area contributed by atoms with Crippen molar-refractivity contribution in [2.75, 3.05) is 0 Å². The molecule has 1 heterocycles. The second kappa shape index (κ2) is 7.58. The van der Waals surface area contributed by atoms with Gasteiger partial charge in [0.1, 0.15) is 6.04 Å². The van der Waals surface area contributed by atoms with E-state index in [0.29, 0.717) is 24.9 Å². The smallest absolute Gasteiger partial charge is 0.326 e. The van der Waals surface area contributed by atoms with Crippen molar-refractivity contribution >= 4 is 11.9 Å². The minimum Gasteiger partial charge on any atom is -0.480 e. The monoisotopic (exact) mass is 315 g/mol. The van der Waals surface area contributed by atoms with Crippen molar-refractivity contribution in [3.63, 3.8) is 0 Å². The Kier molecular flexibility index (Phi) is 5.51. The second-order valence-electron chi connectivity index (χ2n) is 5.27. The number of carboxylic acids is 1. The maximum atomic E-state index is 12.3. The highest BCUT2D eigenvalue weighted by molar-refractivity contribution is 5.97. The molecule has 23 heavy (non-hydrogen) atoms. The van der Waals surface area contributed by atoms with Crippen LogP contribution in [0.5, 0.6) is 0 Å². The van der Waals surface area contributed by atoms with E-state index in [-0.39, 0.29) is 0 Å². The van der Waals surface area contributed by atoms with Gasteiger partial charge in [-0.25, -0.2) is 4.79 Å². The molecule has 1 unspecified atom stereocenters. The normalized spacial score (nSPS) is 11.9. The quantitative estimate of drug-likeness (QED) is 0.819. The zero-order chi connectivity index (χ0) is 16.8. The fourth-order valence-electron chi connectivity index (χ4n) is 2.44. The average molecular weight is 315 g/mol. The third-order valence-corrected chi connectivity index (χ3v) is 3.72. The van der Waals surface area contributed by atoms with Crippen LogP contribution in [-0.4, -0.2) is 32.8 Å². The lowest BCUT2D eigenvalue weighted by Crippen LogP contribution is -2.40. The lowest BCUT2D eigenvalue weighted by Gasteiger charge is -2.13. The van der Waals surface area contributed by atoms with Crippen LogP contribution in [0.1, 0.15) is 41.9 Å². The first-order valence-corrected chi connectivity index (χ1v) is 7.69. The van der Waals surface area contributed by atoms with Crippen molar-refractivity contribution < 1.29 is 14.7 Å². The van der Waals surface area contributed by atoms with Crippen LogP contribution in [0, 0.1) is 0 Å². The molecule has 1 aromatic heterocycles. The summed E-state index contributed by atoms with van der Waals surface area (Å²) in [4.78, 5) is 23.4. The molecule has 6 heteroatoms. The van der Waals surface area contributed by atoms with Gasteiger partial charge in [0.05, 0.1) is 24.0 Å².